The molecule has 0 atom stereocenters. The maximum atomic E-state index is 12.6. The zero-order chi connectivity index (χ0) is 17.6. The summed E-state index contributed by atoms with van der Waals surface area (Å²) in [6, 6.07) is 9.95. The Bertz CT molecular complexity index is 1080. The van der Waals surface area contributed by atoms with Crippen LogP contribution < -0.4 is 9.04 Å². The second-order valence-corrected chi connectivity index (χ2v) is 6.45. The molecule has 0 amide bonds. The van der Waals surface area contributed by atoms with Crippen LogP contribution in [0.1, 0.15) is 0 Å². The molecule has 124 valence electrons. The summed E-state index contributed by atoms with van der Waals surface area (Å²) in [4.78, 5) is 5.03. The predicted molar refractivity (Wildman–Crippen MR) is 89.9 cm³/mol. The summed E-state index contributed by atoms with van der Waals surface area (Å²) in [6.07, 6.45) is -3.09. The normalized spacial score (nSPS) is 12.0. The van der Waals surface area contributed by atoms with Crippen molar-refractivity contribution in [1.82, 2.24) is 14.6 Å². The number of thiophene rings is 1. The largest absolute Gasteiger partial charge is 0.573 e. The Morgan fingerprint density at radius 1 is 1.20 bits per heavy atom. The highest BCUT2D eigenvalue weighted by Gasteiger charge is 2.32. The van der Waals surface area contributed by atoms with Gasteiger partial charge in [0.1, 0.15) is 17.3 Å². The van der Waals surface area contributed by atoms with Crippen LogP contribution in [0.2, 0.25) is 0 Å². The molecule has 0 fully saturated rings. The van der Waals surface area contributed by atoms with Gasteiger partial charge in [0.2, 0.25) is 0 Å². The Labute approximate surface area is 151 Å². The van der Waals surface area contributed by atoms with E-state index in [1.165, 1.54) is 23.5 Å². The smallest absolute Gasteiger partial charge is 0.475 e. The minimum absolute atomic E-state index is 0.213. The van der Waals surface area contributed by atoms with E-state index in [1.54, 1.807) is 35.0 Å². The van der Waals surface area contributed by atoms with Crippen molar-refractivity contribution >= 4 is 49.4 Å². The molecule has 0 aliphatic heterocycles. The number of aromatic nitrogens is 3. The van der Waals surface area contributed by atoms with Crippen LogP contribution in [-0.4, -0.2) is 37.5 Å². The Kier molecular flexibility index (Phi) is 3.83. The zero-order valence-corrected chi connectivity index (χ0v) is 14.4. The summed E-state index contributed by atoms with van der Waals surface area (Å²) in [5.41, 5.74) is 1.33. The summed E-state index contributed by atoms with van der Waals surface area (Å²) in [7, 11) is 0. The molecule has 1 aromatic carbocycles. The summed E-state index contributed by atoms with van der Waals surface area (Å²) in [5.74, 6) is 0.411. The van der Waals surface area contributed by atoms with E-state index < -0.39 is 6.36 Å². The minimum atomic E-state index is -4.73. The van der Waals surface area contributed by atoms with E-state index in [9.17, 15) is 13.2 Å². The summed E-state index contributed by atoms with van der Waals surface area (Å²) in [5, 5.41) is 5.06. The fraction of sp³-hybridized carbons (Fsp3) is 0.0667. The second-order valence-electron chi connectivity index (χ2n) is 5.11. The van der Waals surface area contributed by atoms with Gasteiger partial charge in [0.05, 0.1) is 15.8 Å². The first-order valence-corrected chi connectivity index (χ1v) is 8.44. The van der Waals surface area contributed by atoms with E-state index in [0.29, 0.717) is 27.2 Å². The van der Waals surface area contributed by atoms with Gasteiger partial charge in [0.15, 0.2) is 5.65 Å². The Balaban J connectivity index is 1.86. The minimum Gasteiger partial charge on any atom is -0.475 e. The van der Waals surface area contributed by atoms with E-state index >= 15 is 0 Å². The molecule has 0 saturated carbocycles. The number of imidazole rings is 1. The van der Waals surface area contributed by atoms with Gasteiger partial charge in [0, 0.05) is 0 Å². The number of ether oxygens (including phenoxy) is 1. The van der Waals surface area contributed by atoms with Crippen LogP contribution in [0, 0.1) is 0 Å². The van der Waals surface area contributed by atoms with Gasteiger partial charge in [0.25, 0.3) is 0 Å². The maximum absolute atomic E-state index is 12.6. The molecule has 0 spiro atoms. The third-order valence-electron chi connectivity index (χ3n) is 3.50. The first-order chi connectivity index (χ1) is 11.9. The van der Waals surface area contributed by atoms with Crippen LogP contribution in [-0.2, 0) is 0 Å². The molecule has 0 unspecified atom stereocenters. The van der Waals surface area contributed by atoms with Crippen molar-refractivity contribution in [2.45, 2.75) is 6.36 Å². The molecular weight excluding hydrogens is 368 g/mol. The number of fused-ring (bicyclic) bond motifs is 2. The number of halogens is 3. The van der Waals surface area contributed by atoms with Crippen LogP contribution in [0.15, 0.2) is 42.6 Å². The van der Waals surface area contributed by atoms with Crippen molar-refractivity contribution < 1.29 is 17.9 Å². The molecule has 0 aliphatic rings. The topological polar surface area (TPSA) is 51.5 Å². The average Bonchev–Trinajstić information content (AvgIpc) is 3.16. The maximum Gasteiger partial charge on any atom is 0.573 e. The van der Waals surface area contributed by atoms with Gasteiger partial charge in [-0.25, -0.2) is 9.50 Å². The van der Waals surface area contributed by atoms with Crippen LogP contribution >= 0.6 is 11.3 Å². The van der Waals surface area contributed by atoms with Crippen LogP contribution in [0.3, 0.4) is 0 Å². The Morgan fingerprint density at radius 2 is 2.04 bits per heavy atom. The highest BCUT2D eigenvalue weighted by molar-refractivity contribution is 7.22. The molecule has 3 aromatic heterocycles. The number of hydrogen-bond donors (Lipinski definition) is 1. The van der Waals surface area contributed by atoms with E-state index in [-0.39, 0.29) is 5.75 Å². The first-order valence-electron chi connectivity index (χ1n) is 7.05. The van der Waals surface area contributed by atoms with Crippen LogP contribution in [0.5, 0.6) is 5.75 Å². The van der Waals surface area contributed by atoms with Gasteiger partial charge in [-0.3, -0.25) is 0 Å². The predicted octanol–water partition coefficient (Wildman–Crippen LogP) is 4.01. The van der Waals surface area contributed by atoms with Crippen LogP contribution in [0.4, 0.5) is 19.0 Å². The highest BCUT2D eigenvalue weighted by Crippen LogP contribution is 2.40. The van der Waals surface area contributed by atoms with Crippen molar-refractivity contribution in [3.8, 4) is 16.3 Å². The molecule has 4 rings (SSSR count). The number of rotatable bonds is 3. The molecule has 2 radical (unpaired) electrons. The standard InChI is InChI=1S/C15H8F3N4OS.Al/c16-15(17,18)23-10-3-1-2-8-6-11(24-14(8)10)9-7-20-13-5-4-12(19)21-22(9)13;/h1-7H,(H-,19,21);/q-1;+1. The molecule has 0 bridgehead atoms. The number of benzene rings is 1. The van der Waals surface area contributed by atoms with Crippen molar-refractivity contribution in [3.05, 3.63) is 42.6 Å². The Morgan fingerprint density at radius 3 is 2.80 bits per heavy atom. The lowest BCUT2D eigenvalue weighted by Crippen LogP contribution is -2.17. The zero-order valence-electron chi connectivity index (χ0n) is 12.4. The lowest BCUT2D eigenvalue weighted by Gasteiger charge is -2.09. The van der Waals surface area contributed by atoms with Crippen LogP contribution in [0.25, 0.3) is 26.3 Å². The second kappa shape index (κ2) is 5.91. The lowest BCUT2D eigenvalue weighted by atomic mass is 10.2. The van der Waals surface area contributed by atoms with Gasteiger partial charge < -0.3 is 9.04 Å². The SMILES string of the molecule is FC(F)(F)Oc1cccc2cc(-c3cnc4ccc([NH][Al])nn34)sc12. The lowest BCUT2D eigenvalue weighted by molar-refractivity contribution is -0.274. The summed E-state index contributed by atoms with van der Waals surface area (Å²) in [6.45, 7) is 0. The molecule has 25 heavy (non-hydrogen) atoms. The van der Waals surface area contributed by atoms with Gasteiger partial charge in [-0.05, 0) is 29.7 Å². The fourth-order valence-corrected chi connectivity index (χ4v) is 3.74. The number of anilines is 1. The van der Waals surface area contributed by atoms with Crippen molar-refractivity contribution in [1.29, 1.82) is 0 Å². The summed E-state index contributed by atoms with van der Waals surface area (Å²) < 4.78 is 46.8. The monoisotopic (exact) mass is 376 g/mol. The quantitative estimate of drug-likeness (QED) is 0.549. The summed E-state index contributed by atoms with van der Waals surface area (Å²) >= 11 is 3.56. The number of alkyl halides is 3. The highest BCUT2D eigenvalue weighted by atomic mass is 32.1. The fourth-order valence-electron chi connectivity index (χ4n) is 2.49. The first kappa shape index (κ1) is 16.2. The molecule has 5 nitrogen and oxygen atoms in total. The molecule has 1 N–H and O–H groups in total. The van der Waals surface area contributed by atoms with Crippen molar-refractivity contribution in [3.63, 3.8) is 0 Å². The van der Waals surface area contributed by atoms with Gasteiger partial charge in [-0.1, -0.05) is 12.1 Å². The third kappa shape index (κ3) is 3.04. The molecule has 0 aliphatic carbocycles. The van der Waals surface area contributed by atoms with E-state index in [0.717, 1.165) is 4.88 Å². The molecule has 3 heterocycles. The van der Waals surface area contributed by atoms with E-state index in [4.69, 9.17) is 0 Å². The third-order valence-corrected chi connectivity index (χ3v) is 4.98. The molecule has 0 saturated heterocycles. The van der Waals surface area contributed by atoms with Crippen molar-refractivity contribution in [2.24, 2.45) is 0 Å². The molecule has 4 aromatic rings. The van der Waals surface area contributed by atoms with E-state index in [1.807, 2.05) is 0 Å². The van der Waals surface area contributed by atoms with Gasteiger partial charge in [-0.2, -0.15) is 5.10 Å². The molecule has 10 heteroatoms. The molecular formula is C15H8AlF3N4OS. The van der Waals surface area contributed by atoms with Gasteiger partial charge >= 0.3 is 22.9 Å². The number of nitrogens with zero attached hydrogens (tertiary/aromatic N) is 3. The average molecular weight is 376 g/mol. The Hall–Kier alpha value is -2.28. The van der Waals surface area contributed by atoms with Crippen molar-refractivity contribution in [2.75, 3.05) is 4.30 Å². The number of hydrogen-bond acceptors (Lipinski definition) is 5. The van der Waals surface area contributed by atoms with Gasteiger partial charge in [-0.15, -0.1) is 24.5 Å². The van der Waals surface area contributed by atoms with E-state index in [2.05, 4.69) is 35.6 Å². The number of nitrogens with one attached hydrogen (secondary N) is 1.